The van der Waals surface area contributed by atoms with Crippen LogP contribution in [-0.4, -0.2) is 39.8 Å². The smallest absolute Gasteiger partial charge is 0.266 e. The van der Waals surface area contributed by atoms with Crippen LogP contribution in [0, 0.1) is 0 Å². The van der Waals surface area contributed by atoms with Crippen molar-refractivity contribution in [2.45, 2.75) is 170 Å². The maximum atomic E-state index is 14.9. The fourth-order valence-electron chi connectivity index (χ4n) is 14.2. The summed E-state index contributed by atoms with van der Waals surface area (Å²) < 4.78 is 0. The zero-order valence-corrected chi connectivity index (χ0v) is 61.0. The standard InChI is InChI=1S/C89H96N4O2S3/c1-7-13-17-21-25-63-29-43-71(44-30-63)92(72-45-31-64(32-46-72)26-22-18-14-8-2)75-51-37-67(38-52-75)81-57-59-83(97-81)69-41-55-77-78-56-42-70(62-80(78)85(79(77)61-69)86-87(94)90(11-5)89(96)91(12-6)88(86)95)84-60-58-82(98-84)68-39-53-76(54-40-68)93(73-47-33-65(34-48-73)27-23-19-15-9-3)74-49-35-66(36-50-74)28-24-20-16-10-4/h29-62H,7-28H2,1-6H3. The molecule has 1 saturated heterocycles. The Hall–Kier alpha value is -8.47. The average molecular weight is 1350 g/mol. The number of thiocarbonyl (C=S) groups is 1. The summed E-state index contributed by atoms with van der Waals surface area (Å²) in [5, 5.41) is 0.252. The molecule has 98 heavy (non-hydrogen) atoms. The number of anilines is 6. The first kappa shape index (κ1) is 69.4. The van der Waals surface area contributed by atoms with Crippen molar-refractivity contribution < 1.29 is 9.59 Å². The molecule has 0 radical (unpaired) electrons. The minimum absolute atomic E-state index is 0.159. The number of hydrogen-bond donors (Lipinski definition) is 0. The summed E-state index contributed by atoms with van der Waals surface area (Å²) in [7, 11) is 0. The normalized spacial score (nSPS) is 12.9. The third-order valence-electron chi connectivity index (χ3n) is 19.8. The van der Waals surface area contributed by atoms with Gasteiger partial charge in [0.1, 0.15) is 5.57 Å². The summed E-state index contributed by atoms with van der Waals surface area (Å²) in [5.41, 5.74) is 21.2. The number of nitrogens with zero attached hydrogens (tertiary/aromatic N) is 4. The number of hydrogen-bond acceptors (Lipinski definition) is 7. The highest BCUT2D eigenvalue weighted by molar-refractivity contribution is 7.80. The lowest BCUT2D eigenvalue weighted by molar-refractivity contribution is -0.133. The van der Waals surface area contributed by atoms with Gasteiger partial charge in [-0.1, -0.05) is 202 Å². The molecular formula is C89H96N4O2S3. The summed E-state index contributed by atoms with van der Waals surface area (Å²) in [5.74, 6) is -0.709. The highest BCUT2D eigenvalue weighted by atomic mass is 32.1. The van der Waals surface area contributed by atoms with Crippen LogP contribution in [-0.2, 0) is 35.3 Å². The number of benzene rings is 8. The number of carbonyl (C=O) groups excluding carboxylic acids is 2. The molecule has 0 unspecified atom stereocenters. The summed E-state index contributed by atoms with van der Waals surface area (Å²) in [4.78, 5) is 42.3. The Balaban J connectivity index is 0.829. The van der Waals surface area contributed by atoms with Gasteiger partial charge in [-0.05, 0) is 253 Å². The zero-order valence-electron chi connectivity index (χ0n) is 58.5. The number of fused-ring (bicyclic) bond motifs is 3. The molecule has 0 saturated carbocycles. The molecule has 0 bridgehead atoms. The van der Waals surface area contributed by atoms with Gasteiger partial charge in [-0.2, -0.15) is 0 Å². The quantitative estimate of drug-likeness (QED) is 0.0182. The van der Waals surface area contributed by atoms with Crippen molar-refractivity contribution in [3.8, 4) is 52.9 Å². The number of likely N-dealkylation sites (N-methyl/N-ethyl adjacent to an activating group) is 2. The van der Waals surface area contributed by atoms with Gasteiger partial charge in [-0.3, -0.25) is 19.4 Å². The molecule has 2 amide bonds. The predicted octanol–water partition coefficient (Wildman–Crippen LogP) is 25.7. The van der Waals surface area contributed by atoms with Crippen LogP contribution in [0.15, 0.2) is 212 Å². The Kier molecular flexibility index (Phi) is 23.7. The maximum Gasteiger partial charge on any atom is 0.266 e. The van der Waals surface area contributed by atoms with E-state index in [2.05, 4.69) is 244 Å². The molecule has 6 nitrogen and oxygen atoms in total. The molecule has 0 N–H and O–H groups in total. The van der Waals surface area contributed by atoms with Gasteiger partial charge in [0.2, 0.25) is 0 Å². The number of carbonyl (C=O) groups is 2. The van der Waals surface area contributed by atoms with E-state index in [1.165, 1.54) is 125 Å². The van der Waals surface area contributed by atoms with Gasteiger partial charge in [0.15, 0.2) is 5.11 Å². The second-order valence-electron chi connectivity index (χ2n) is 26.7. The minimum atomic E-state index is -0.355. The van der Waals surface area contributed by atoms with E-state index in [0.29, 0.717) is 18.7 Å². The Bertz CT molecular complexity index is 3960. The molecule has 3 heterocycles. The first-order valence-electron chi connectivity index (χ1n) is 36.7. The number of thiophene rings is 2. The molecule has 10 aromatic rings. The van der Waals surface area contributed by atoms with Crippen molar-refractivity contribution in [3.05, 3.63) is 245 Å². The average Bonchev–Trinajstić information content (AvgIpc) is 1.56. The lowest BCUT2D eigenvalue weighted by Gasteiger charge is -2.36. The van der Waals surface area contributed by atoms with E-state index in [-0.39, 0.29) is 22.5 Å². The molecule has 9 heteroatoms. The van der Waals surface area contributed by atoms with Gasteiger partial charge in [0.05, 0.1) is 0 Å². The second-order valence-corrected chi connectivity index (χ2v) is 29.2. The van der Waals surface area contributed by atoms with Crippen LogP contribution in [0.3, 0.4) is 0 Å². The topological polar surface area (TPSA) is 47.1 Å². The molecule has 0 spiro atoms. The van der Waals surface area contributed by atoms with Gasteiger partial charge in [-0.25, -0.2) is 0 Å². The van der Waals surface area contributed by atoms with E-state index in [1.54, 1.807) is 32.5 Å². The van der Waals surface area contributed by atoms with E-state index in [9.17, 15) is 9.59 Å². The zero-order chi connectivity index (χ0) is 67.9. The van der Waals surface area contributed by atoms with Crippen LogP contribution in [0.4, 0.5) is 34.1 Å². The van der Waals surface area contributed by atoms with E-state index in [0.717, 1.165) is 124 Å². The van der Waals surface area contributed by atoms with Crippen LogP contribution < -0.4 is 9.80 Å². The number of unbranched alkanes of at least 4 members (excludes halogenated alkanes) is 12. The van der Waals surface area contributed by atoms with Gasteiger partial charge >= 0.3 is 0 Å². The van der Waals surface area contributed by atoms with Crippen molar-refractivity contribution in [2.75, 3.05) is 22.9 Å². The maximum absolute atomic E-state index is 14.9. The molecule has 502 valence electrons. The number of aryl methyl sites for hydroxylation is 4. The van der Waals surface area contributed by atoms with Crippen molar-refractivity contribution in [1.29, 1.82) is 0 Å². The summed E-state index contributed by atoms with van der Waals surface area (Å²) in [6.07, 6.45) is 24.5. The molecule has 1 aliphatic heterocycles. The third-order valence-corrected chi connectivity index (χ3v) is 22.6. The Morgan fingerprint density at radius 2 is 0.561 bits per heavy atom. The van der Waals surface area contributed by atoms with E-state index in [1.807, 2.05) is 13.8 Å². The minimum Gasteiger partial charge on any atom is -0.311 e. The van der Waals surface area contributed by atoms with Crippen LogP contribution in [0.25, 0.3) is 58.5 Å². The summed E-state index contributed by atoms with van der Waals surface area (Å²) >= 11 is 9.35. The van der Waals surface area contributed by atoms with E-state index in [4.69, 9.17) is 12.2 Å². The number of rotatable bonds is 32. The fourth-order valence-corrected chi connectivity index (χ4v) is 16.6. The first-order valence-corrected chi connectivity index (χ1v) is 38.7. The molecule has 2 aromatic heterocycles. The molecule has 2 aliphatic rings. The van der Waals surface area contributed by atoms with Gasteiger partial charge in [0, 0.05) is 72.3 Å². The van der Waals surface area contributed by atoms with Gasteiger partial charge < -0.3 is 9.80 Å². The fraction of sp³-hybridized carbons (Fsp3) is 0.315. The van der Waals surface area contributed by atoms with E-state index >= 15 is 0 Å². The lowest BCUT2D eigenvalue weighted by Crippen LogP contribution is -2.56. The van der Waals surface area contributed by atoms with E-state index < -0.39 is 0 Å². The van der Waals surface area contributed by atoms with Crippen LogP contribution in [0.5, 0.6) is 0 Å². The first-order chi connectivity index (χ1) is 48.1. The summed E-state index contributed by atoms with van der Waals surface area (Å²) in [6.45, 7) is 13.6. The largest absolute Gasteiger partial charge is 0.311 e. The predicted molar refractivity (Wildman–Crippen MR) is 424 cm³/mol. The SMILES string of the molecule is CCCCCCc1ccc(N(c2ccc(CCCCCC)cc2)c2ccc(-c3ccc(-c4ccc5c(c4)C(=C4C(=O)N(CC)C(=S)N(CC)C4=O)c4cc(-c6ccc(-c7ccc(N(c8ccc(CCCCCC)cc8)c8ccc(CCCCCC)cc8)cc7)s6)ccc4-5)s3)cc2)cc1. The number of amides is 2. The Morgan fingerprint density at radius 1 is 0.296 bits per heavy atom. The van der Waals surface area contributed by atoms with Gasteiger partial charge in [-0.15, -0.1) is 22.7 Å². The lowest BCUT2D eigenvalue weighted by atomic mass is 9.93. The Morgan fingerprint density at radius 3 is 0.837 bits per heavy atom. The second kappa shape index (κ2) is 33.4. The summed E-state index contributed by atoms with van der Waals surface area (Å²) in [6, 6.07) is 76.8. The van der Waals surface area contributed by atoms with Crippen molar-refractivity contribution in [1.82, 2.24) is 9.80 Å². The molecular weight excluding hydrogens is 1250 g/mol. The Labute approximate surface area is 597 Å². The van der Waals surface area contributed by atoms with Crippen LogP contribution >= 0.6 is 34.9 Å². The highest BCUT2D eigenvalue weighted by Crippen LogP contribution is 2.51. The highest BCUT2D eigenvalue weighted by Gasteiger charge is 2.43. The molecule has 8 aromatic carbocycles. The molecule has 1 fully saturated rings. The molecule has 1 aliphatic carbocycles. The van der Waals surface area contributed by atoms with Crippen LogP contribution in [0.2, 0.25) is 0 Å². The third kappa shape index (κ3) is 15.8. The van der Waals surface area contributed by atoms with Gasteiger partial charge in [0.25, 0.3) is 11.8 Å². The van der Waals surface area contributed by atoms with Crippen molar-refractivity contribution in [3.63, 3.8) is 0 Å². The van der Waals surface area contributed by atoms with Crippen molar-refractivity contribution >= 4 is 91.5 Å². The monoisotopic (exact) mass is 1350 g/mol. The van der Waals surface area contributed by atoms with Crippen molar-refractivity contribution in [2.24, 2.45) is 0 Å². The van der Waals surface area contributed by atoms with Crippen LogP contribution in [0.1, 0.15) is 178 Å². The molecule has 0 atom stereocenters. The molecule has 12 rings (SSSR count).